The number of hydrogen-bond donors (Lipinski definition) is 3. The van der Waals surface area contributed by atoms with Crippen molar-refractivity contribution in [2.45, 2.75) is 30.5 Å². The van der Waals surface area contributed by atoms with Crippen LogP contribution in [0.1, 0.15) is 5.69 Å². The van der Waals surface area contributed by atoms with Crippen molar-refractivity contribution < 1.29 is 47.1 Å². The lowest BCUT2D eigenvalue weighted by molar-refractivity contribution is -0.161. The molecule has 13 nitrogen and oxygen atoms in total. The Balaban J connectivity index is 1.55. The lowest BCUT2D eigenvalue weighted by Crippen LogP contribution is -2.57. The van der Waals surface area contributed by atoms with Crippen molar-refractivity contribution in [2.75, 3.05) is 71.3 Å². The minimum atomic E-state index is -4.63. The van der Waals surface area contributed by atoms with Crippen molar-refractivity contribution in [2.24, 2.45) is 5.11 Å². The Kier molecular flexibility index (Phi) is 12.9. The molecule has 198 valence electrons. The van der Waals surface area contributed by atoms with E-state index in [1.54, 1.807) is 0 Å². The first-order valence-corrected chi connectivity index (χ1v) is 10.8. The normalized spacial score (nSPS) is 22.5. The first kappa shape index (κ1) is 28.9. The Morgan fingerprint density at radius 1 is 1.06 bits per heavy atom. The lowest BCUT2D eigenvalue weighted by Gasteiger charge is -2.37. The number of alkyl halides is 3. The molecule has 35 heavy (non-hydrogen) atoms. The molecule has 0 radical (unpaired) electrons. The van der Waals surface area contributed by atoms with Crippen LogP contribution in [0.25, 0.3) is 10.4 Å². The van der Waals surface area contributed by atoms with Crippen LogP contribution in [0.5, 0.6) is 0 Å². The number of halogens is 3. The summed E-state index contributed by atoms with van der Waals surface area (Å²) in [6, 6.07) is -0.185. The Morgan fingerprint density at radius 3 is 2.31 bits per heavy atom. The van der Waals surface area contributed by atoms with E-state index in [1.807, 2.05) is 0 Å². The molecule has 2 heterocycles. The van der Waals surface area contributed by atoms with Gasteiger partial charge in [0.25, 0.3) is 0 Å². The minimum Gasteiger partial charge on any atom is -0.388 e. The predicted molar refractivity (Wildman–Crippen MR) is 113 cm³/mol. The number of nitrogens with one attached hydrogen (secondary N) is 1. The van der Waals surface area contributed by atoms with Crippen LogP contribution in [0.4, 0.5) is 19.1 Å². The zero-order valence-corrected chi connectivity index (χ0v) is 18.8. The molecule has 1 aromatic heterocycles. The highest BCUT2D eigenvalue weighted by Crippen LogP contribution is 2.28. The fraction of sp³-hybridized carbons (Fsp3) is 0.789. The van der Waals surface area contributed by atoms with Gasteiger partial charge in [0.05, 0.1) is 65.5 Å². The molecular weight excluding hydrogens is 481 g/mol. The van der Waals surface area contributed by atoms with Crippen LogP contribution in [0.15, 0.2) is 17.4 Å². The third-order valence-corrected chi connectivity index (χ3v) is 4.69. The maximum Gasteiger partial charge on any atom is 0.433 e. The SMILES string of the molecule is [N-]=[N+]=NCCOCCOCCOCCOC[C@H]1OC[C@H](Nc2nccc(C(F)(F)F)n2)[C@@H](O)[C@H]1O. The second-order valence-corrected chi connectivity index (χ2v) is 7.23. The van der Waals surface area contributed by atoms with Crippen molar-refractivity contribution in [3.63, 3.8) is 0 Å². The molecule has 16 heteroatoms. The summed E-state index contributed by atoms with van der Waals surface area (Å²) in [4.78, 5) is 9.68. The Morgan fingerprint density at radius 2 is 1.69 bits per heavy atom. The predicted octanol–water partition coefficient (Wildman–Crippen LogP) is 0.773. The number of rotatable bonds is 16. The number of aliphatic hydroxyl groups is 2. The Hall–Kier alpha value is -2.30. The standard InChI is InChI=1S/C19H29F3N6O7/c20-19(21,22)15-1-2-24-18(27-15)26-13-11-35-14(17(30)16(13)29)12-34-10-9-33-8-7-32-6-5-31-4-3-25-28-23/h1-2,13-14,16-17,29-30H,3-12H2,(H,24,26,27)/t13-,14+,16+,17-/m0/s1. The van der Waals surface area contributed by atoms with Gasteiger partial charge in [0.2, 0.25) is 5.95 Å². The van der Waals surface area contributed by atoms with Crippen molar-refractivity contribution in [3.05, 3.63) is 28.4 Å². The van der Waals surface area contributed by atoms with Gasteiger partial charge in [0.15, 0.2) is 0 Å². The van der Waals surface area contributed by atoms with Crippen LogP contribution in [0.2, 0.25) is 0 Å². The van der Waals surface area contributed by atoms with E-state index in [2.05, 4.69) is 25.3 Å². The number of aliphatic hydroxyl groups excluding tert-OH is 2. The first-order chi connectivity index (χ1) is 16.8. The average Bonchev–Trinajstić information content (AvgIpc) is 2.83. The molecule has 0 aliphatic carbocycles. The summed E-state index contributed by atoms with van der Waals surface area (Å²) in [5, 5.41) is 26.5. The first-order valence-electron chi connectivity index (χ1n) is 10.8. The van der Waals surface area contributed by atoms with E-state index in [0.717, 1.165) is 12.3 Å². The molecule has 0 bridgehead atoms. The summed E-state index contributed by atoms with van der Waals surface area (Å²) in [5.41, 5.74) is 6.98. The van der Waals surface area contributed by atoms with E-state index in [0.29, 0.717) is 33.0 Å². The highest BCUT2D eigenvalue weighted by molar-refractivity contribution is 5.29. The third kappa shape index (κ3) is 10.9. The molecule has 2 rings (SSSR count). The summed E-state index contributed by atoms with van der Waals surface area (Å²) < 4.78 is 65.1. The van der Waals surface area contributed by atoms with Gasteiger partial charge < -0.3 is 39.2 Å². The van der Waals surface area contributed by atoms with Gasteiger partial charge in [-0.05, 0) is 11.6 Å². The zero-order valence-electron chi connectivity index (χ0n) is 18.8. The minimum absolute atomic E-state index is 0.0158. The van der Waals surface area contributed by atoms with Gasteiger partial charge in [-0.2, -0.15) is 13.2 Å². The van der Waals surface area contributed by atoms with Crippen molar-refractivity contribution in [1.82, 2.24) is 9.97 Å². The molecule has 0 saturated carbocycles. The molecule has 1 aliphatic rings. The van der Waals surface area contributed by atoms with E-state index >= 15 is 0 Å². The Labute approximate surface area is 199 Å². The molecule has 1 saturated heterocycles. The molecular formula is C19H29F3N6O7. The van der Waals surface area contributed by atoms with Gasteiger partial charge in [0.1, 0.15) is 24.0 Å². The molecule has 0 spiro atoms. The largest absolute Gasteiger partial charge is 0.433 e. The van der Waals surface area contributed by atoms with E-state index in [4.69, 9.17) is 29.2 Å². The van der Waals surface area contributed by atoms with Crippen LogP contribution in [-0.2, 0) is 29.9 Å². The molecule has 4 atom stereocenters. The smallest absolute Gasteiger partial charge is 0.388 e. The maximum atomic E-state index is 12.8. The molecule has 3 N–H and O–H groups in total. The summed E-state index contributed by atoms with van der Waals surface area (Å²) in [6.07, 6.45) is -7.19. The van der Waals surface area contributed by atoms with E-state index in [1.165, 1.54) is 0 Å². The highest BCUT2D eigenvalue weighted by Gasteiger charge is 2.39. The summed E-state index contributed by atoms with van der Waals surface area (Å²) >= 11 is 0. The van der Waals surface area contributed by atoms with Crippen LogP contribution in [0, 0.1) is 0 Å². The number of anilines is 1. The second kappa shape index (κ2) is 15.6. The quantitative estimate of drug-likeness (QED) is 0.125. The zero-order chi connectivity index (χ0) is 25.5. The molecule has 0 amide bonds. The topological polar surface area (TPSA) is 173 Å². The van der Waals surface area contributed by atoms with Crippen LogP contribution in [-0.4, -0.2) is 111 Å². The second-order valence-electron chi connectivity index (χ2n) is 7.23. The number of azide groups is 1. The number of ether oxygens (including phenoxy) is 5. The van der Waals surface area contributed by atoms with Gasteiger partial charge in [0, 0.05) is 17.7 Å². The van der Waals surface area contributed by atoms with Crippen LogP contribution >= 0.6 is 0 Å². The van der Waals surface area contributed by atoms with E-state index in [9.17, 15) is 23.4 Å². The molecule has 0 unspecified atom stereocenters. The average molecular weight is 510 g/mol. The number of nitrogens with zero attached hydrogens (tertiary/aromatic N) is 5. The fourth-order valence-corrected chi connectivity index (χ4v) is 2.92. The fourth-order valence-electron chi connectivity index (χ4n) is 2.92. The molecule has 1 fully saturated rings. The van der Waals surface area contributed by atoms with E-state index in [-0.39, 0.29) is 38.9 Å². The van der Waals surface area contributed by atoms with Gasteiger partial charge >= 0.3 is 6.18 Å². The monoisotopic (exact) mass is 510 g/mol. The summed E-state index contributed by atoms with van der Waals surface area (Å²) in [6.45, 7) is 2.43. The molecule has 1 aromatic rings. The molecule has 0 aromatic carbocycles. The van der Waals surface area contributed by atoms with Crippen LogP contribution < -0.4 is 5.32 Å². The third-order valence-electron chi connectivity index (χ3n) is 4.69. The van der Waals surface area contributed by atoms with Crippen molar-refractivity contribution >= 4 is 5.95 Å². The van der Waals surface area contributed by atoms with Gasteiger partial charge in [-0.15, -0.1) is 0 Å². The van der Waals surface area contributed by atoms with Gasteiger partial charge in [-0.3, -0.25) is 0 Å². The number of hydrogen-bond acceptors (Lipinski definition) is 11. The maximum absolute atomic E-state index is 12.8. The summed E-state index contributed by atoms with van der Waals surface area (Å²) in [5.74, 6) is -0.339. The lowest BCUT2D eigenvalue weighted by atomic mass is 9.98. The number of aromatic nitrogens is 2. The van der Waals surface area contributed by atoms with Crippen molar-refractivity contribution in [3.8, 4) is 0 Å². The molecule has 1 aliphatic heterocycles. The Bertz CT molecular complexity index is 788. The van der Waals surface area contributed by atoms with Gasteiger partial charge in [-0.1, -0.05) is 5.11 Å². The van der Waals surface area contributed by atoms with Crippen LogP contribution in [0.3, 0.4) is 0 Å². The van der Waals surface area contributed by atoms with E-state index < -0.39 is 36.2 Å². The summed E-state index contributed by atoms with van der Waals surface area (Å²) in [7, 11) is 0. The van der Waals surface area contributed by atoms with Gasteiger partial charge in [-0.25, -0.2) is 9.97 Å². The highest BCUT2D eigenvalue weighted by atomic mass is 19.4. The van der Waals surface area contributed by atoms with Crippen molar-refractivity contribution in [1.29, 1.82) is 0 Å².